The minimum Gasteiger partial charge on any atom is -0.381 e. The number of rotatable bonds is 2. The number of aromatic nitrogens is 1. The van der Waals surface area contributed by atoms with E-state index in [2.05, 4.69) is 38.7 Å². The standard InChI is InChI=1S/C16H25NO/c1-11(2)13-5-8-17-15-7-10-18-9-6-14(12(3)4)16(13)15/h5,8,11-12,14H,6-7,9-10H2,1-4H3. The van der Waals surface area contributed by atoms with E-state index in [0.29, 0.717) is 17.8 Å². The molecule has 0 aromatic carbocycles. The summed E-state index contributed by atoms with van der Waals surface area (Å²) >= 11 is 0. The SMILES string of the molecule is CC(C)c1ccnc2c1C(C(C)C)CCOCC2. The molecule has 1 aliphatic heterocycles. The molecule has 0 fully saturated rings. The normalized spacial score (nSPS) is 20.7. The Balaban J connectivity index is 2.51. The Labute approximate surface area is 111 Å². The van der Waals surface area contributed by atoms with Gasteiger partial charge in [-0.15, -0.1) is 0 Å². The minimum absolute atomic E-state index is 0.573. The quantitative estimate of drug-likeness (QED) is 0.790. The van der Waals surface area contributed by atoms with Crippen molar-refractivity contribution in [2.45, 2.75) is 52.4 Å². The van der Waals surface area contributed by atoms with Gasteiger partial charge in [0.15, 0.2) is 0 Å². The van der Waals surface area contributed by atoms with Crippen molar-refractivity contribution in [3.8, 4) is 0 Å². The van der Waals surface area contributed by atoms with Gasteiger partial charge in [-0.25, -0.2) is 0 Å². The molecule has 18 heavy (non-hydrogen) atoms. The van der Waals surface area contributed by atoms with Gasteiger partial charge in [-0.2, -0.15) is 0 Å². The Bertz CT molecular complexity index is 398. The summed E-state index contributed by atoms with van der Waals surface area (Å²) in [5.74, 6) is 1.81. The lowest BCUT2D eigenvalue weighted by molar-refractivity contribution is 0.119. The first-order valence-electron chi connectivity index (χ1n) is 7.16. The van der Waals surface area contributed by atoms with Crippen molar-refractivity contribution in [1.29, 1.82) is 0 Å². The molecule has 0 spiro atoms. The number of pyridine rings is 1. The second-order valence-corrected chi connectivity index (χ2v) is 5.92. The molecule has 0 radical (unpaired) electrons. The summed E-state index contributed by atoms with van der Waals surface area (Å²) in [5.41, 5.74) is 4.27. The van der Waals surface area contributed by atoms with Crippen LogP contribution in [0.25, 0.3) is 0 Å². The zero-order chi connectivity index (χ0) is 13.1. The summed E-state index contributed by atoms with van der Waals surface area (Å²) in [6.07, 6.45) is 4.04. The van der Waals surface area contributed by atoms with E-state index in [4.69, 9.17) is 4.74 Å². The number of fused-ring (bicyclic) bond motifs is 1. The van der Waals surface area contributed by atoms with Crippen LogP contribution in [0.4, 0.5) is 0 Å². The molecule has 2 nitrogen and oxygen atoms in total. The second-order valence-electron chi connectivity index (χ2n) is 5.92. The van der Waals surface area contributed by atoms with Gasteiger partial charge in [0.05, 0.1) is 6.61 Å². The van der Waals surface area contributed by atoms with Gasteiger partial charge in [-0.1, -0.05) is 27.7 Å². The van der Waals surface area contributed by atoms with Crippen LogP contribution in [0.2, 0.25) is 0 Å². The molecule has 2 heterocycles. The van der Waals surface area contributed by atoms with E-state index < -0.39 is 0 Å². The molecule has 0 saturated carbocycles. The van der Waals surface area contributed by atoms with E-state index in [1.54, 1.807) is 0 Å². The maximum Gasteiger partial charge on any atom is 0.0521 e. The lowest BCUT2D eigenvalue weighted by Crippen LogP contribution is -2.20. The van der Waals surface area contributed by atoms with E-state index in [1.807, 2.05) is 6.20 Å². The molecule has 0 aliphatic carbocycles. The largest absolute Gasteiger partial charge is 0.381 e. The van der Waals surface area contributed by atoms with Gasteiger partial charge in [0.2, 0.25) is 0 Å². The van der Waals surface area contributed by atoms with Gasteiger partial charge in [0, 0.05) is 24.9 Å². The molecule has 100 valence electrons. The van der Waals surface area contributed by atoms with Crippen LogP contribution in [0.3, 0.4) is 0 Å². The van der Waals surface area contributed by atoms with Crippen LogP contribution in [0.1, 0.15) is 62.8 Å². The Morgan fingerprint density at radius 3 is 2.67 bits per heavy atom. The number of hydrogen-bond donors (Lipinski definition) is 0. The average Bonchev–Trinajstić information content (AvgIpc) is 2.28. The molecule has 1 aliphatic rings. The first-order chi connectivity index (χ1) is 8.61. The van der Waals surface area contributed by atoms with E-state index in [-0.39, 0.29) is 0 Å². The third-order valence-corrected chi connectivity index (χ3v) is 3.96. The fraction of sp³-hybridized carbons (Fsp3) is 0.688. The van der Waals surface area contributed by atoms with E-state index >= 15 is 0 Å². The Morgan fingerprint density at radius 2 is 2.00 bits per heavy atom. The Kier molecular flexibility index (Phi) is 4.39. The van der Waals surface area contributed by atoms with Crippen LogP contribution in [-0.4, -0.2) is 18.2 Å². The van der Waals surface area contributed by atoms with Gasteiger partial charge in [0.1, 0.15) is 0 Å². The fourth-order valence-corrected chi connectivity index (χ4v) is 2.96. The summed E-state index contributed by atoms with van der Waals surface area (Å²) in [6, 6.07) is 2.21. The van der Waals surface area contributed by atoms with Crippen LogP contribution in [0.15, 0.2) is 12.3 Å². The predicted octanol–water partition coefficient (Wildman–Crippen LogP) is 3.91. The van der Waals surface area contributed by atoms with Crippen molar-refractivity contribution in [2.75, 3.05) is 13.2 Å². The zero-order valence-corrected chi connectivity index (χ0v) is 12.1. The van der Waals surface area contributed by atoms with E-state index in [0.717, 1.165) is 26.1 Å². The maximum absolute atomic E-state index is 5.67. The van der Waals surface area contributed by atoms with Gasteiger partial charge >= 0.3 is 0 Å². The first-order valence-corrected chi connectivity index (χ1v) is 7.16. The van der Waals surface area contributed by atoms with Crippen molar-refractivity contribution in [3.05, 3.63) is 29.1 Å². The second kappa shape index (κ2) is 5.83. The third-order valence-electron chi connectivity index (χ3n) is 3.96. The van der Waals surface area contributed by atoms with Crippen molar-refractivity contribution >= 4 is 0 Å². The van der Waals surface area contributed by atoms with Crippen LogP contribution in [0.5, 0.6) is 0 Å². The molecule has 1 aromatic heterocycles. The highest BCUT2D eigenvalue weighted by Crippen LogP contribution is 2.36. The molecule has 0 saturated heterocycles. The molecule has 1 unspecified atom stereocenters. The molecule has 2 heteroatoms. The number of nitrogens with zero attached hydrogens (tertiary/aromatic N) is 1. The molecule has 1 atom stereocenters. The fourth-order valence-electron chi connectivity index (χ4n) is 2.96. The third kappa shape index (κ3) is 2.74. The molecule has 0 bridgehead atoms. The lowest BCUT2D eigenvalue weighted by Gasteiger charge is -2.29. The number of ether oxygens (including phenoxy) is 1. The molecular weight excluding hydrogens is 222 g/mol. The van der Waals surface area contributed by atoms with Crippen molar-refractivity contribution in [2.24, 2.45) is 5.92 Å². The summed E-state index contributed by atoms with van der Waals surface area (Å²) in [4.78, 5) is 4.62. The van der Waals surface area contributed by atoms with Crippen LogP contribution in [-0.2, 0) is 11.2 Å². The van der Waals surface area contributed by atoms with Gasteiger partial charge in [-0.3, -0.25) is 4.98 Å². The van der Waals surface area contributed by atoms with Crippen LogP contribution in [0, 0.1) is 5.92 Å². The Hall–Kier alpha value is -0.890. The summed E-state index contributed by atoms with van der Waals surface area (Å²) in [7, 11) is 0. The van der Waals surface area contributed by atoms with Crippen molar-refractivity contribution in [3.63, 3.8) is 0 Å². The smallest absolute Gasteiger partial charge is 0.0521 e. The number of hydrogen-bond acceptors (Lipinski definition) is 2. The molecule has 1 aromatic rings. The highest BCUT2D eigenvalue weighted by molar-refractivity contribution is 5.36. The van der Waals surface area contributed by atoms with Crippen molar-refractivity contribution in [1.82, 2.24) is 4.98 Å². The highest BCUT2D eigenvalue weighted by atomic mass is 16.5. The summed E-state index contributed by atoms with van der Waals surface area (Å²) in [6.45, 7) is 10.9. The topological polar surface area (TPSA) is 22.1 Å². The van der Waals surface area contributed by atoms with Crippen LogP contribution < -0.4 is 0 Å². The summed E-state index contributed by atoms with van der Waals surface area (Å²) < 4.78 is 5.67. The molecule has 0 amide bonds. The van der Waals surface area contributed by atoms with Gasteiger partial charge < -0.3 is 4.74 Å². The van der Waals surface area contributed by atoms with E-state index in [9.17, 15) is 0 Å². The van der Waals surface area contributed by atoms with Gasteiger partial charge in [-0.05, 0) is 41.4 Å². The summed E-state index contributed by atoms with van der Waals surface area (Å²) in [5, 5.41) is 0. The predicted molar refractivity (Wildman–Crippen MR) is 75.0 cm³/mol. The van der Waals surface area contributed by atoms with Crippen LogP contribution >= 0.6 is 0 Å². The van der Waals surface area contributed by atoms with Crippen molar-refractivity contribution < 1.29 is 4.74 Å². The highest BCUT2D eigenvalue weighted by Gasteiger charge is 2.25. The molecular formula is C16H25NO. The average molecular weight is 247 g/mol. The molecule has 0 N–H and O–H groups in total. The molecule has 2 rings (SSSR count). The zero-order valence-electron chi connectivity index (χ0n) is 12.1. The van der Waals surface area contributed by atoms with Gasteiger partial charge in [0.25, 0.3) is 0 Å². The maximum atomic E-state index is 5.67. The van der Waals surface area contributed by atoms with E-state index in [1.165, 1.54) is 16.8 Å². The Morgan fingerprint density at radius 1 is 1.22 bits per heavy atom. The minimum atomic E-state index is 0.573. The monoisotopic (exact) mass is 247 g/mol. The lowest BCUT2D eigenvalue weighted by atomic mass is 9.79. The first kappa shape index (κ1) is 13.5.